The number of carbonyl (C=O) groups is 2. The van der Waals surface area contributed by atoms with Gasteiger partial charge in [-0.15, -0.1) is 0 Å². The fourth-order valence-electron chi connectivity index (χ4n) is 4.04. The largest absolute Gasteiger partial charge is 0.508 e. The van der Waals surface area contributed by atoms with Crippen LogP contribution in [0.3, 0.4) is 0 Å². The van der Waals surface area contributed by atoms with Crippen LogP contribution in [0.2, 0.25) is 0 Å². The molecule has 1 unspecified atom stereocenters. The van der Waals surface area contributed by atoms with Crippen LogP contribution < -0.4 is 4.90 Å². The first kappa shape index (κ1) is 22.3. The van der Waals surface area contributed by atoms with Gasteiger partial charge in [0, 0.05) is 11.3 Å². The number of ketones is 1. The van der Waals surface area contributed by atoms with Crippen LogP contribution in [-0.2, 0) is 9.59 Å². The Morgan fingerprint density at radius 1 is 0.970 bits per heavy atom. The summed E-state index contributed by atoms with van der Waals surface area (Å²) in [6.45, 7) is 5.67. The van der Waals surface area contributed by atoms with E-state index in [9.17, 15) is 24.2 Å². The SMILES string of the molecule is Cc1cc(/C(O)=C2/C(=O)C(=O)N(c3ccc(C(C)C)cc3)C2c2ccc(O)cc2)ccc1F. The standard InChI is InChI=1S/C27H24FNO4/c1-15(2)17-4-9-20(10-5-17)29-24(18-6-11-21(30)12-7-18)23(26(32)27(29)33)25(31)19-8-13-22(28)16(3)14-19/h4-15,24,30-31H,1-3H3/b25-23-. The molecule has 168 valence electrons. The second-order valence-corrected chi connectivity index (χ2v) is 8.47. The number of phenols is 1. The highest BCUT2D eigenvalue weighted by Crippen LogP contribution is 2.42. The van der Waals surface area contributed by atoms with E-state index in [1.165, 1.54) is 35.2 Å². The van der Waals surface area contributed by atoms with Crippen LogP contribution in [0.5, 0.6) is 5.75 Å². The van der Waals surface area contributed by atoms with E-state index in [4.69, 9.17) is 0 Å². The Morgan fingerprint density at radius 3 is 2.18 bits per heavy atom. The highest BCUT2D eigenvalue weighted by atomic mass is 19.1. The van der Waals surface area contributed by atoms with Crippen molar-refractivity contribution in [3.05, 3.63) is 100 Å². The number of rotatable bonds is 4. The number of hydrogen-bond donors (Lipinski definition) is 2. The summed E-state index contributed by atoms with van der Waals surface area (Å²) in [5, 5.41) is 20.8. The average molecular weight is 445 g/mol. The van der Waals surface area contributed by atoms with Crippen LogP contribution >= 0.6 is 0 Å². The average Bonchev–Trinajstić information content (AvgIpc) is 3.06. The van der Waals surface area contributed by atoms with Gasteiger partial charge < -0.3 is 10.2 Å². The number of aliphatic hydroxyl groups excluding tert-OH is 1. The molecule has 1 fully saturated rings. The first-order valence-corrected chi connectivity index (χ1v) is 10.7. The van der Waals surface area contributed by atoms with Gasteiger partial charge in [-0.1, -0.05) is 38.1 Å². The summed E-state index contributed by atoms with van der Waals surface area (Å²) in [6.07, 6.45) is 0. The third kappa shape index (κ3) is 4.00. The van der Waals surface area contributed by atoms with E-state index in [1.807, 2.05) is 12.1 Å². The van der Waals surface area contributed by atoms with Crippen molar-refractivity contribution in [1.29, 1.82) is 0 Å². The Kier molecular flexibility index (Phi) is 5.77. The highest BCUT2D eigenvalue weighted by molar-refractivity contribution is 6.51. The molecule has 0 saturated carbocycles. The summed E-state index contributed by atoms with van der Waals surface area (Å²) in [5.74, 6) is -2.09. The highest BCUT2D eigenvalue weighted by Gasteiger charge is 2.47. The van der Waals surface area contributed by atoms with Gasteiger partial charge in [-0.25, -0.2) is 4.39 Å². The van der Waals surface area contributed by atoms with Gasteiger partial charge in [0.2, 0.25) is 0 Å². The number of carbonyl (C=O) groups excluding carboxylic acids is 2. The third-order valence-corrected chi connectivity index (χ3v) is 5.92. The molecular formula is C27H24FNO4. The van der Waals surface area contributed by atoms with Gasteiger partial charge in [-0.3, -0.25) is 14.5 Å². The number of aromatic hydroxyl groups is 1. The predicted molar refractivity (Wildman–Crippen MR) is 125 cm³/mol. The van der Waals surface area contributed by atoms with E-state index in [-0.39, 0.29) is 22.6 Å². The van der Waals surface area contributed by atoms with Crippen LogP contribution in [0.4, 0.5) is 10.1 Å². The number of anilines is 1. The summed E-state index contributed by atoms with van der Waals surface area (Å²) in [4.78, 5) is 27.7. The van der Waals surface area contributed by atoms with Crippen molar-refractivity contribution < 1.29 is 24.2 Å². The third-order valence-electron chi connectivity index (χ3n) is 5.92. The van der Waals surface area contributed by atoms with Crippen molar-refractivity contribution in [3.8, 4) is 5.75 Å². The minimum Gasteiger partial charge on any atom is -0.508 e. The molecule has 0 spiro atoms. The fourth-order valence-corrected chi connectivity index (χ4v) is 4.04. The summed E-state index contributed by atoms with van der Waals surface area (Å²) in [7, 11) is 0. The van der Waals surface area contributed by atoms with Crippen LogP contribution in [0.15, 0.2) is 72.3 Å². The van der Waals surface area contributed by atoms with Crippen molar-refractivity contribution in [2.75, 3.05) is 4.90 Å². The summed E-state index contributed by atoms with van der Waals surface area (Å²) >= 11 is 0. The van der Waals surface area contributed by atoms with Gasteiger partial charge in [-0.2, -0.15) is 0 Å². The van der Waals surface area contributed by atoms with Crippen molar-refractivity contribution in [2.24, 2.45) is 0 Å². The fraction of sp³-hybridized carbons (Fsp3) is 0.185. The van der Waals surface area contributed by atoms with E-state index in [1.54, 1.807) is 31.2 Å². The lowest BCUT2D eigenvalue weighted by atomic mass is 9.94. The number of hydrogen-bond acceptors (Lipinski definition) is 4. The molecule has 1 amide bonds. The molecule has 1 saturated heterocycles. The second kappa shape index (κ2) is 8.54. The van der Waals surface area contributed by atoms with Crippen LogP contribution in [-0.4, -0.2) is 21.9 Å². The van der Waals surface area contributed by atoms with Crippen LogP contribution in [0.1, 0.15) is 48.1 Å². The van der Waals surface area contributed by atoms with E-state index in [0.29, 0.717) is 22.7 Å². The Bertz CT molecular complexity index is 1260. The van der Waals surface area contributed by atoms with E-state index >= 15 is 0 Å². The maximum absolute atomic E-state index is 13.8. The number of amides is 1. The second-order valence-electron chi connectivity index (χ2n) is 8.47. The summed E-state index contributed by atoms with van der Waals surface area (Å²) in [6, 6.07) is 16.6. The van der Waals surface area contributed by atoms with E-state index < -0.39 is 23.5 Å². The molecule has 0 aromatic heterocycles. The number of nitrogens with zero attached hydrogens (tertiary/aromatic N) is 1. The molecule has 1 atom stereocenters. The zero-order valence-electron chi connectivity index (χ0n) is 18.5. The Labute approximate surface area is 191 Å². The molecule has 5 nitrogen and oxygen atoms in total. The zero-order chi connectivity index (χ0) is 23.9. The van der Waals surface area contributed by atoms with E-state index in [2.05, 4.69) is 13.8 Å². The predicted octanol–water partition coefficient (Wildman–Crippen LogP) is 5.59. The molecule has 4 rings (SSSR count). The molecule has 1 aliphatic rings. The van der Waals surface area contributed by atoms with Gasteiger partial charge in [0.05, 0.1) is 11.6 Å². The van der Waals surface area contributed by atoms with Gasteiger partial charge in [0.25, 0.3) is 11.7 Å². The Morgan fingerprint density at radius 2 is 1.61 bits per heavy atom. The van der Waals surface area contributed by atoms with Crippen LogP contribution in [0, 0.1) is 12.7 Å². The van der Waals surface area contributed by atoms with E-state index in [0.717, 1.165) is 5.56 Å². The van der Waals surface area contributed by atoms with Crippen molar-refractivity contribution in [2.45, 2.75) is 32.7 Å². The number of aliphatic hydroxyl groups is 1. The number of Topliss-reactive ketones (excluding diaryl/α,β-unsaturated/α-hetero) is 1. The Balaban J connectivity index is 1.91. The molecule has 0 radical (unpaired) electrons. The topological polar surface area (TPSA) is 77.8 Å². The molecular weight excluding hydrogens is 421 g/mol. The first-order valence-electron chi connectivity index (χ1n) is 10.7. The first-order chi connectivity index (χ1) is 15.7. The molecule has 0 aliphatic carbocycles. The summed E-state index contributed by atoms with van der Waals surface area (Å²) in [5.41, 5.74) is 2.58. The van der Waals surface area contributed by atoms with Gasteiger partial charge in [-0.05, 0) is 72.0 Å². The molecule has 3 aromatic rings. The maximum Gasteiger partial charge on any atom is 0.300 e. The van der Waals surface area contributed by atoms with Crippen LogP contribution in [0.25, 0.3) is 5.76 Å². The molecule has 6 heteroatoms. The molecule has 0 bridgehead atoms. The van der Waals surface area contributed by atoms with Crippen molar-refractivity contribution >= 4 is 23.1 Å². The number of aryl methyl sites for hydroxylation is 1. The lowest BCUT2D eigenvalue weighted by molar-refractivity contribution is -0.132. The smallest absolute Gasteiger partial charge is 0.300 e. The quantitative estimate of drug-likeness (QED) is 0.312. The lowest BCUT2D eigenvalue weighted by Gasteiger charge is -2.26. The van der Waals surface area contributed by atoms with Crippen molar-refractivity contribution in [1.82, 2.24) is 0 Å². The minimum absolute atomic E-state index is 0.0335. The molecule has 1 heterocycles. The number of halogens is 1. The molecule has 2 N–H and O–H groups in total. The van der Waals surface area contributed by atoms with Gasteiger partial charge in [0.15, 0.2) is 0 Å². The van der Waals surface area contributed by atoms with Gasteiger partial charge in [0.1, 0.15) is 17.3 Å². The van der Waals surface area contributed by atoms with Crippen molar-refractivity contribution in [3.63, 3.8) is 0 Å². The molecule has 3 aromatic carbocycles. The lowest BCUT2D eigenvalue weighted by Crippen LogP contribution is -2.29. The normalized spacial score (nSPS) is 17.7. The monoisotopic (exact) mass is 445 g/mol. The number of benzene rings is 3. The minimum atomic E-state index is -0.916. The summed E-state index contributed by atoms with van der Waals surface area (Å²) < 4.78 is 13.8. The maximum atomic E-state index is 13.8. The molecule has 33 heavy (non-hydrogen) atoms. The Hall–Kier alpha value is -3.93. The number of phenolic OH excluding ortho intramolecular Hbond substituents is 1. The zero-order valence-corrected chi connectivity index (χ0v) is 18.5. The van der Waals surface area contributed by atoms with Gasteiger partial charge >= 0.3 is 0 Å². The molecule has 1 aliphatic heterocycles.